The number of hydrogen-bond donors (Lipinski definition) is 3. The third kappa shape index (κ3) is 3.56. The Morgan fingerprint density at radius 1 is 1.47 bits per heavy atom. The number of H-pyrrole nitrogens is 1. The highest BCUT2D eigenvalue weighted by atomic mass is 16.2. The van der Waals surface area contributed by atoms with Crippen LogP contribution in [-0.4, -0.2) is 22.1 Å². The van der Waals surface area contributed by atoms with Gasteiger partial charge in [0, 0.05) is 11.8 Å². The fourth-order valence-electron chi connectivity index (χ4n) is 1.29. The maximum atomic E-state index is 11.8. The molecule has 0 aliphatic carbocycles. The second-order valence-corrected chi connectivity index (χ2v) is 5.70. The molecular formula is C12H22N4O. The van der Waals surface area contributed by atoms with Crippen molar-refractivity contribution in [1.29, 1.82) is 0 Å². The summed E-state index contributed by atoms with van der Waals surface area (Å²) in [5, 5.41) is 9.63. The number of hydrogen-bond acceptors (Lipinski definition) is 3. The van der Waals surface area contributed by atoms with Crippen LogP contribution in [0.25, 0.3) is 0 Å². The molecule has 0 saturated carbocycles. The first-order chi connectivity index (χ1) is 7.71. The topological polar surface area (TPSA) is 83.8 Å². The highest BCUT2D eigenvalue weighted by Gasteiger charge is 2.27. The summed E-state index contributed by atoms with van der Waals surface area (Å²) in [6, 6.07) is 1.28. The van der Waals surface area contributed by atoms with Gasteiger partial charge >= 0.3 is 0 Å². The molecule has 1 aromatic rings. The van der Waals surface area contributed by atoms with Crippen LogP contribution in [-0.2, 0) is 4.79 Å². The van der Waals surface area contributed by atoms with Gasteiger partial charge in [0.1, 0.15) is 0 Å². The molecule has 0 bridgehead atoms. The third-order valence-electron chi connectivity index (χ3n) is 2.69. The summed E-state index contributed by atoms with van der Waals surface area (Å²) in [5.74, 6) is 0.669. The average molecular weight is 238 g/mol. The Kier molecular flexibility index (Phi) is 3.93. The first-order valence-corrected chi connectivity index (χ1v) is 5.83. The van der Waals surface area contributed by atoms with E-state index in [4.69, 9.17) is 5.73 Å². The number of carbonyl (C=O) groups excluding carboxylic acids is 1. The van der Waals surface area contributed by atoms with Crippen molar-refractivity contribution in [3.8, 4) is 0 Å². The van der Waals surface area contributed by atoms with Crippen molar-refractivity contribution in [3.05, 3.63) is 11.8 Å². The molecule has 0 saturated heterocycles. The molecule has 1 heterocycles. The van der Waals surface area contributed by atoms with Crippen LogP contribution in [0.3, 0.4) is 0 Å². The van der Waals surface area contributed by atoms with Crippen molar-refractivity contribution < 1.29 is 4.79 Å². The minimum Gasteiger partial charge on any atom is -0.319 e. The summed E-state index contributed by atoms with van der Waals surface area (Å²) in [5.41, 5.74) is 6.59. The van der Waals surface area contributed by atoms with Gasteiger partial charge < -0.3 is 11.1 Å². The lowest BCUT2D eigenvalue weighted by Gasteiger charge is -2.25. The van der Waals surface area contributed by atoms with Gasteiger partial charge in [-0.1, -0.05) is 34.6 Å². The van der Waals surface area contributed by atoms with Crippen LogP contribution in [0.1, 0.15) is 46.2 Å². The standard InChI is InChI=1S/C12H22N4O/c1-7(2)8-6-9(16-15-8)14-11(17)10(13)12(3,4)5/h6-7,10H,13H2,1-5H3,(H2,14,15,16,17)/t10-/m0/s1. The van der Waals surface area contributed by atoms with Crippen molar-refractivity contribution >= 4 is 11.7 Å². The molecule has 0 fully saturated rings. The molecule has 0 aromatic carbocycles. The molecule has 1 atom stereocenters. The van der Waals surface area contributed by atoms with E-state index in [1.54, 1.807) is 0 Å². The molecule has 5 heteroatoms. The minimum absolute atomic E-state index is 0.209. The largest absolute Gasteiger partial charge is 0.319 e. The summed E-state index contributed by atoms with van der Waals surface area (Å²) in [6.45, 7) is 9.91. The molecule has 0 spiro atoms. The molecule has 17 heavy (non-hydrogen) atoms. The highest BCUT2D eigenvalue weighted by Crippen LogP contribution is 2.19. The van der Waals surface area contributed by atoms with Crippen LogP contribution in [0.5, 0.6) is 0 Å². The number of nitrogens with zero attached hydrogens (tertiary/aromatic N) is 1. The smallest absolute Gasteiger partial charge is 0.243 e. The van der Waals surface area contributed by atoms with Gasteiger partial charge in [-0.25, -0.2) is 0 Å². The number of amides is 1. The Labute approximate surface area is 102 Å². The Balaban J connectivity index is 2.68. The van der Waals surface area contributed by atoms with E-state index < -0.39 is 6.04 Å². The summed E-state index contributed by atoms with van der Waals surface area (Å²) in [7, 11) is 0. The molecule has 1 aromatic heterocycles. The van der Waals surface area contributed by atoms with Crippen LogP contribution in [0.15, 0.2) is 6.07 Å². The predicted molar refractivity (Wildman–Crippen MR) is 68.7 cm³/mol. The Morgan fingerprint density at radius 2 is 2.06 bits per heavy atom. The molecule has 1 amide bonds. The predicted octanol–water partition coefficient (Wildman–Crippen LogP) is 1.84. The van der Waals surface area contributed by atoms with E-state index in [1.807, 2.05) is 26.8 Å². The zero-order valence-corrected chi connectivity index (χ0v) is 11.2. The first-order valence-electron chi connectivity index (χ1n) is 5.83. The molecule has 1 rings (SSSR count). The van der Waals surface area contributed by atoms with Crippen molar-refractivity contribution in [3.63, 3.8) is 0 Å². The number of nitrogens with two attached hydrogens (primary N) is 1. The van der Waals surface area contributed by atoms with Crippen LogP contribution in [0, 0.1) is 5.41 Å². The number of nitrogens with one attached hydrogen (secondary N) is 2. The zero-order chi connectivity index (χ0) is 13.2. The maximum Gasteiger partial charge on any atom is 0.243 e. The quantitative estimate of drug-likeness (QED) is 0.751. The Hall–Kier alpha value is -1.36. The van der Waals surface area contributed by atoms with E-state index in [0.29, 0.717) is 11.7 Å². The molecule has 96 valence electrons. The Bertz CT molecular complexity index is 389. The van der Waals surface area contributed by atoms with E-state index in [0.717, 1.165) is 5.69 Å². The number of aromatic amines is 1. The van der Waals surface area contributed by atoms with Gasteiger partial charge in [0.2, 0.25) is 5.91 Å². The van der Waals surface area contributed by atoms with E-state index in [9.17, 15) is 4.79 Å². The van der Waals surface area contributed by atoms with Crippen molar-refractivity contribution in [2.24, 2.45) is 11.1 Å². The van der Waals surface area contributed by atoms with Crippen molar-refractivity contribution in [2.45, 2.75) is 46.6 Å². The summed E-state index contributed by atoms with van der Waals surface area (Å²) < 4.78 is 0. The second kappa shape index (κ2) is 4.87. The molecule has 4 N–H and O–H groups in total. The number of aromatic nitrogens is 2. The van der Waals surface area contributed by atoms with Crippen LogP contribution < -0.4 is 11.1 Å². The van der Waals surface area contributed by atoms with E-state index in [2.05, 4.69) is 29.4 Å². The van der Waals surface area contributed by atoms with Crippen molar-refractivity contribution in [1.82, 2.24) is 10.2 Å². The van der Waals surface area contributed by atoms with Gasteiger partial charge in [0.25, 0.3) is 0 Å². The Morgan fingerprint density at radius 3 is 2.47 bits per heavy atom. The molecular weight excluding hydrogens is 216 g/mol. The van der Waals surface area contributed by atoms with E-state index in [-0.39, 0.29) is 11.3 Å². The second-order valence-electron chi connectivity index (χ2n) is 5.70. The van der Waals surface area contributed by atoms with Gasteiger partial charge in [0.15, 0.2) is 5.82 Å². The monoisotopic (exact) mass is 238 g/mol. The number of anilines is 1. The number of rotatable bonds is 3. The summed E-state index contributed by atoms with van der Waals surface area (Å²) in [6.07, 6.45) is 0. The average Bonchev–Trinajstić information content (AvgIpc) is 2.63. The van der Waals surface area contributed by atoms with Gasteiger partial charge in [-0.3, -0.25) is 9.89 Å². The first kappa shape index (κ1) is 13.7. The third-order valence-corrected chi connectivity index (χ3v) is 2.69. The van der Waals surface area contributed by atoms with Gasteiger partial charge in [-0.15, -0.1) is 0 Å². The van der Waals surface area contributed by atoms with E-state index >= 15 is 0 Å². The lowest BCUT2D eigenvalue weighted by molar-refractivity contribution is -0.119. The molecule has 0 unspecified atom stereocenters. The lowest BCUT2D eigenvalue weighted by Crippen LogP contribution is -2.45. The fourth-order valence-corrected chi connectivity index (χ4v) is 1.29. The molecule has 0 aliphatic heterocycles. The van der Waals surface area contributed by atoms with Gasteiger partial charge in [-0.05, 0) is 11.3 Å². The highest BCUT2D eigenvalue weighted by molar-refractivity contribution is 5.94. The SMILES string of the molecule is CC(C)c1cc(NC(=O)[C@H](N)C(C)(C)C)n[nH]1. The fraction of sp³-hybridized carbons (Fsp3) is 0.667. The number of carbonyl (C=O) groups is 1. The van der Waals surface area contributed by atoms with Crippen LogP contribution in [0.4, 0.5) is 5.82 Å². The van der Waals surface area contributed by atoms with Crippen LogP contribution >= 0.6 is 0 Å². The van der Waals surface area contributed by atoms with Gasteiger partial charge in [-0.2, -0.15) is 5.10 Å². The molecule has 0 radical (unpaired) electrons. The normalized spacial score (nSPS) is 13.8. The van der Waals surface area contributed by atoms with Gasteiger partial charge in [0.05, 0.1) is 6.04 Å². The van der Waals surface area contributed by atoms with E-state index in [1.165, 1.54) is 0 Å². The zero-order valence-electron chi connectivity index (χ0n) is 11.2. The maximum absolute atomic E-state index is 11.8. The molecule has 5 nitrogen and oxygen atoms in total. The van der Waals surface area contributed by atoms with Crippen molar-refractivity contribution in [2.75, 3.05) is 5.32 Å². The minimum atomic E-state index is -0.554. The summed E-state index contributed by atoms with van der Waals surface area (Å²) in [4.78, 5) is 11.8. The lowest BCUT2D eigenvalue weighted by atomic mass is 9.87. The van der Waals surface area contributed by atoms with Crippen LogP contribution in [0.2, 0.25) is 0 Å². The summed E-state index contributed by atoms with van der Waals surface area (Å²) >= 11 is 0. The molecule has 0 aliphatic rings.